The number of carbonyl (C=O) groups is 1. The minimum absolute atomic E-state index is 0.00444. The Kier molecular flexibility index (Phi) is 10.4. The number of hydrogen-bond acceptors (Lipinski definition) is 5. The van der Waals surface area contributed by atoms with Gasteiger partial charge in [-0.25, -0.2) is 0 Å². The molecule has 0 amide bonds. The highest BCUT2D eigenvalue weighted by Crippen LogP contribution is 2.47. The molecule has 0 N–H and O–H groups in total. The maximum absolute atomic E-state index is 13.7. The first-order valence-corrected chi connectivity index (χ1v) is 13.6. The van der Waals surface area contributed by atoms with E-state index in [0.717, 1.165) is 29.9 Å². The topological polar surface area (TPSA) is 54.0 Å². The average Bonchev–Trinajstić information content (AvgIpc) is 3.33. The Morgan fingerprint density at radius 2 is 1.52 bits per heavy atom. The van der Waals surface area contributed by atoms with Gasteiger partial charge in [-0.05, 0) is 73.1 Å². The number of hydrogen-bond donors (Lipinski definition) is 0. The molecule has 1 atom stereocenters. The van der Waals surface area contributed by atoms with Crippen molar-refractivity contribution in [2.75, 3.05) is 20.5 Å². The molecule has 5 nitrogen and oxygen atoms in total. The van der Waals surface area contributed by atoms with Crippen LogP contribution in [0.15, 0.2) is 42.5 Å². The highest BCUT2D eigenvalue weighted by molar-refractivity contribution is 5.71. The molecular formula is C31H36F6O5. The molecule has 0 bridgehead atoms. The van der Waals surface area contributed by atoms with Crippen molar-refractivity contribution in [3.8, 4) is 5.75 Å². The molecule has 11 heteroatoms. The predicted molar refractivity (Wildman–Crippen MR) is 145 cm³/mol. The van der Waals surface area contributed by atoms with Gasteiger partial charge < -0.3 is 18.9 Å². The number of cyclic esters (lactones) is 1. The molecule has 0 unspecified atom stereocenters. The van der Waals surface area contributed by atoms with E-state index in [0.29, 0.717) is 37.0 Å². The van der Waals surface area contributed by atoms with Crippen LogP contribution in [0.4, 0.5) is 26.3 Å². The molecule has 0 aromatic heterocycles. The van der Waals surface area contributed by atoms with Crippen molar-refractivity contribution in [2.24, 2.45) is 0 Å². The zero-order valence-corrected chi connectivity index (χ0v) is 24.2. The quantitative estimate of drug-likeness (QED) is 0.140. The predicted octanol–water partition coefficient (Wildman–Crippen LogP) is 7.99. The molecule has 42 heavy (non-hydrogen) atoms. The Labute approximate surface area is 241 Å². The Balaban J connectivity index is 1.93. The number of carbonyl (C=O) groups excluding carboxylic acids is 1. The van der Waals surface area contributed by atoms with Crippen LogP contribution < -0.4 is 4.74 Å². The molecular weight excluding hydrogens is 566 g/mol. The molecule has 1 aliphatic heterocycles. The molecule has 0 aliphatic carbocycles. The first-order valence-electron chi connectivity index (χ1n) is 13.6. The van der Waals surface area contributed by atoms with Crippen LogP contribution in [0, 0.1) is 13.8 Å². The van der Waals surface area contributed by atoms with Gasteiger partial charge in [0.25, 0.3) is 5.60 Å². The lowest BCUT2D eigenvalue weighted by Crippen LogP contribution is -2.57. The van der Waals surface area contributed by atoms with Crippen LogP contribution in [-0.2, 0) is 24.4 Å². The first-order chi connectivity index (χ1) is 19.6. The van der Waals surface area contributed by atoms with E-state index in [1.807, 2.05) is 39.0 Å². The van der Waals surface area contributed by atoms with Crippen molar-refractivity contribution < 1.29 is 50.1 Å². The smallest absolute Gasteiger partial charge is 0.430 e. The number of methoxy groups -OCH3 is 1. The van der Waals surface area contributed by atoms with Crippen LogP contribution in [-0.4, -0.2) is 50.5 Å². The van der Waals surface area contributed by atoms with Gasteiger partial charge in [-0.1, -0.05) is 50.3 Å². The molecule has 0 spiro atoms. The van der Waals surface area contributed by atoms with E-state index in [-0.39, 0.29) is 30.3 Å². The molecule has 0 radical (unpaired) electrons. The van der Waals surface area contributed by atoms with Crippen LogP contribution in [0.3, 0.4) is 0 Å². The highest BCUT2D eigenvalue weighted by Gasteiger charge is 2.71. The fourth-order valence-electron chi connectivity index (χ4n) is 5.31. The molecule has 1 fully saturated rings. The number of alkyl halides is 6. The van der Waals surface area contributed by atoms with Gasteiger partial charge in [-0.2, -0.15) is 26.3 Å². The largest absolute Gasteiger partial charge is 0.489 e. The van der Waals surface area contributed by atoms with Crippen molar-refractivity contribution in [3.05, 3.63) is 70.3 Å². The van der Waals surface area contributed by atoms with Gasteiger partial charge in [-0.15, -0.1) is 0 Å². The van der Waals surface area contributed by atoms with Crippen LogP contribution >= 0.6 is 0 Å². The van der Waals surface area contributed by atoms with Crippen molar-refractivity contribution in [2.45, 2.75) is 82.9 Å². The van der Waals surface area contributed by atoms with E-state index in [4.69, 9.17) is 9.47 Å². The summed E-state index contributed by atoms with van der Waals surface area (Å²) in [4.78, 5) is 11.3. The van der Waals surface area contributed by atoms with E-state index >= 15 is 0 Å². The minimum Gasteiger partial charge on any atom is -0.489 e. The zero-order valence-electron chi connectivity index (χ0n) is 24.2. The normalized spacial score (nSPS) is 16.7. The number of aryl methyl sites for hydroxylation is 2. The fraction of sp³-hybridized carbons (Fsp3) is 0.516. The number of esters is 1. The monoisotopic (exact) mass is 602 g/mol. The fourth-order valence-corrected chi connectivity index (χ4v) is 5.31. The summed E-state index contributed by atoms with van der Waals surface area (Å²) in [6, 6.07) is 10.9. The van der Waals surface area contributed by atoms with Crippen LogP contribution in [0.5, 0.6) is 5.75 Å². The Bertz CT molecular complexity index is 1250. The standard InChI is InChI=1S/C31H36F6O5/c1-6-28(7-2,24-10-12-26(21(4)17-24)40-18-25-11-13-27(38)42-25)23-9-8-22(20(3)16-23)14-15-29(30(32,33)34,31(35,36)37)41-19-39-5/h8-10,12,14-17,25H,6-7,11,13,18-19H2,1-5H3/b15-14+/t25-/m1/s1. The highest BCUT2D eigenvalue weighted by atomic mass is 19.4. The lowest BCUT2D eigenvalue weighted by Gasteiger charge is -2.35. The molecule has 1 aliphatic rings. The Hall–Kier alpha value is -3.05. The van der Waals surface area contributed by atoms with E-state index in [2.05, 4.69) is 9.47 Å². The summed E-state index contributed by atoms with van der Waals surface area (Å²) < 4.78 is 102. The Morgan fingerprint density at radius 1 is 0.929 bits per heavy atom. The molecule has 2 aromatic carbocycles. The zero-order chi connectivity index (χ0) is 31.3. The molecule has 1 heterocycles. The summed E-state index contributed by atoms with van der Waals surface area (Å²) in [5, 5.41) is 0. The summed E-state index contributed by atoms with van der Waals surface area (Å²) in [5.74, 6) is 0.426. The van der Waals surface area contributed by atoms with Crippen molar-refractivity contribution in [1.82, 2.24) is 0 Å². The number of halogens is 6. The van der Waals surface area contributed by atoms with Gasteiger partial charge in [0.1, 0.15) is 25.3 Å². The van der Waals surface area contributed by atoms with Crippen LogP contribution in [0.2, 0.25) is 0 Å². The summed E-state index contributed by atoms with van der Waals surface area (Å²) in [5.41, 5.74) is -1.56. The second kappa shape index (κ2) is 13.1. The Morgan fingerprint density at radius 3 is 2.00 bits per heavy atom. The first kappa shape index (κ1) is 33.5. The number of rotatable bonds is 12. The van der Waals surface area contributed by atoms with E-state index in [9.17, 15) is 31.1 Å². The molecule has 1 saturated heterocycles. The second-order valence-electron chi connectivity index (χ2n) is 10.4. The number of benzene rings is 2. The van der Waals surface area contributed by atoms with Crippen molar-refractivity contribution >= 4 is 12.0 Å². The summed E-state index contributed by atoms with van der Waals surface area (Å²) in [6.07, 6.45) is -8.68. The summed E-state index contributed by atoms with van der Waals surface area (Å²) >= 11 is 0. The third kappa shape index (κ3) is 6.78. The average molecular weight is 603 g/mol. The maximum Gasteiger partial charge on any atom is 0.430 e. The third-order valence-corrected chi connectivity index (χ3v) is 7.89. The van der Waals surface area contributed by atoms with Gasteiger partial charge in [0, 0.05) is 18.9 Å². The minimum atomic E-state index is -5.77. The van der Waals surface area contributed by atoms with Crippen molar-refractivity contribution in [1.29, 1.82) is 0 Å². The SMILES string of the molecule is CCC(CC)(c1ccc(/C=C/C(OCOC)(C(F)(F)F)C(F)(F)F)c(C)c1)c1ccc(OC[C@H]2CCC(=O)O2)c(C)c1. The van der Waals surface area contributed by atoms with Gasteiger partial charge in [-0.3, -0.25) is 4.79 Å². The second-order valence-corrected chi connectivity index (χ2v) is 10.4. The third-order valence-electron chi connectivity index (χ3n) is 7.89. The lowest BCUT2D eigenvalue weighted by molar-refractivity contribution is -0.372. The maximum atomic E-state index is 13.7. The van der Waals surface area contributed by atoms with E-state index < -0.39 is 30.2 Å². The van der Waals surface area contributed by atoms with Crippen LogP contribution in [0.1, 0.15) is 67.3 Å². The molecule has 2 aromatic rings. The lowest BCUT2D eigenvalue weighted by atomic mass is 9.70. The molecule has 3 rings (SSSR count). The van der Waals surface area contributed by atoms with Crippen LogP contribution in [0.25, 0.3) is 6.08 Å². The van der Waals surface area contributed by atoms with Gasteiger partial charge in [0.05, 0.1) is 0 Å². The van der Waals surface area contributed by atoms with Gasteiger partial charge in [0.15, 0.2) is 0 Å². The van der Waals surface area contributed by atoms with Gasteiger partial charge in [0.2, 0.25) is 0 Å². The van der Waals surface area contributed by atoms with Crippen molar-refractivity contribution in [3.63, 3.8) is 0 Å². The van der Waals surface area contributed by atoms with E-state index in [1.165, 1.54) is 6.07 Å². The molecule has 232 valence electrons. The summed E-state index contributed by atoms with van der Waals surface area (Å²) in [7, 11) is 0.939. The number of ether oxygens (including phenoxy) is 4. The molecule has 0 saturated carbocycles. The van der Waals surface area contributed by atoms with Gasteiger partial charge >= 0.3 is 18.3 Å². The van der Waals surface area contributed by atoms with E-state index in [1.54, 1.807) is 19.1 Å². The summed E-state index contributed by atoms with van der Waals surface area (Å²) in [6.45, 7) is 6.65.